The van der Waals surface area contributed by atoms with Gasteiger partial charge in [-0.05, 0) is 18.4 Å². The maximum absolute atomic E-state index is 14.3. The third kappa shape index (κ3) is 2.77. The summed E-state index contributed by atoms with van der Waals surface area (Å²) in [6.45, 7) is 2.47. The summed E-state index contributed by atoms with van der Waals surface area (Å²) >= 11 is 0. The first-order valence-electron chi connectivity index (χ1n) is 8.13. The molecule has 3 heterocycles. The third-order valence-corrected chi connectivity index (χ3v) is 4.59. The Bertz CT molecular complexity index is 952. The minimum absolute atomic E-state index is 0.137. The summed E-state index contributed by atoms with van der Waals surface area (Å²) in [5, 5.41) is 4.00. The first kappa shape index (κ1) is 16.7. The molecule has 2 atom stereocenters. The van der Waals surface area contributed by atoms with Crippen LogP contribution in [0.3, 0.4) is 0 Å². The van der Waals surface area contributed by atoms with Crippen LogP contribution in [0, 0.1) is 11.7 Å². The van der Waals surface area contributed by atoms with Gasteiger partial charge in [0.25, 0.3) is 5.78 Å². The van der Waals surface area contributed by atoms with E-state index < -0.39 is 11.9 Å². The van der Waals surface area contributed by atoms with E-state index in [-0.39, 0.29) is 29.4 Å². The fourth-order valence-electron chi connectivity index (χ4n) is 3.49. The summed E-state index contributed by atoms with van der Waals surface area (Å²) in [6, 6.07) is 6.89. The summed E-state index contributed by atoms with van der Waals surface area (Å²) < 4.78 is 55.3. The molecule has 1 fully saturated rings. The topological polar surface area (TPSA) is 46.3 Å². The van der Waals surface area contributed by atoms with Gasteiger partial charge >= 0.3 is 6.18 Å². The highest BCUT2D eigenvalue weighted by Gasteiger charge is 2.38. The van der Waals surface area contributed by atoms with Crippen molar-refractivity contribution in [2.45, 2.75) is 25.6 Å². The molecular formula is C17H15F4N5. The van der Waals surface area contributed by atoms with Gasteiger partial charge < -0.3 is 4.90 Å². The van der Waals surface area contributed by atoms with Crippen LogP contribution in [0.15, 0.2) is 36.7 Å². The van der Waals surface area contributed by atoms with E-state index in [4.69, 9.17) is 0 Å². The molecule has 1 saturated heterocycles. The fraction of sp³-hybridized carbons (Fsp3) is 0.353. The molecule has 5 nitrogen and oxygen atoms in total. The van der Waals surface area contributed by atoms with Gasteiger partial charge in [0.15, 0.2) is 5.69 Å². The van der Waals surface area contributed by atoms with Gasteiger partial charge in [0, 0.05) is 18.2 Å². The zero-order valence-electron chi connectivity index (χ0n) is 13.8. The van der Waals surface area contributed by atoms with Crippen LogP contribution in [0.5, 0.6) is 0 Å². The largest absolute Gasteiger partial charge is 0.433 e. The van der Waals surface area contributed by atoms with Crippen molar-refractivity contribution in [3.63, 3.8) is 0 Å². The van der Waals surface area contributed by atoms with E-state index in [1.54, 1.807) is 23.1 Å². The lowest BCUT2D eigenvalue weighted by Crippen LogP contribution is -2.27. The Morgan fingerprint density at radius 1 is 1.19 bits per heavy atom. The van der Waals surface area contributed by atoms with E-state index in [9.17, 15) is 17.6 Å². The Labute approximate surface area is 146 Å². The van der Waals surface area contributed by atoms with Crippen molar-refractivity contribution in [1.82, 2.24) is 19.6 Å². The molecule has 0 bridgehead atoms. The van der Waals surface area contributed by atoms with Crippen LogP contribution in [0.4, 0.5) is 23.4 Å². The second-order valence-corrected chi connectivity index (χ2v) is 6.50. The Balaban J connectivity index is 1.87. The van der Waals surface area contributed by atoms with E-state index in [0.717, 1.165) is 12.4 Å². The maximum atomic E-state index is 14.3. The molecule has 1 aliphatic rings. The average Bonchev–Trinajstić information content (AvgIpc) is 3.19. The number of benzene rings is 1. The first-order valence-corrected chi connectivity index (χ1v) is 8.13. The van der Waals surface area contributed by atoms with Crippen LogP contribution in [-0.4, -0.2) is 26.1 Å². The number of hydrogen-bond acceptors (Lipinski definition) is 4. The van der Waals surface area contributed by atoms with Crippen LogP contribution < -0.4 is 4.90 Å². The molecular weight excluding hydrogens is 350 g/mol. The Morgan fingerprint density at radius 2 is 1.96 bits per heavy atom. The predicted octanol–water partition coefficient (Wildman–Crippen LogP) is 3.87. The first-order chi connectivity index (χ1) is 12.3. The molecule has 0 N–H and O–H groups in total. The second kappa shape index (κ2) is 5.93. The normalized spacial score (nSPS) is 20.9. The van der Waals surface area contributed by atoms with Crippen molar-refractivity contribution in [2.75, 3.05) is 11.4 Å². The lowest BCUT2D eigenvalue weighted by molar-refractivity contribution is -0.141. The number of rotatable bonds is 2. The molecule has 2 unspecified atom stereocenters. The van der Waals surface area contributed by atoms with Gasteiger partial charge in [-0.25, -0.2) is 9.37 Å². The van der Waals surface area contributed by atoms with E-state index in [1.807, 2.05) is 6.92 Å². The summed E-state index contributed by atoms with van der Waals surface area (Å²) in [6.07, 6.45) is -2.83. The van der Waals surface area contributed by atoms with Gasteiger partial charge in [-0.3, -0.25) is 0 Å². The van der Waals surface area contributed by atoms with E-state index in [0.29, 0.717) is 18.5 Å². The summed E-state index contributed by atoms with van der Waals surface area (Å²) in [5.41, 5.74) is -0.588. The quantitative estimate of drug-likeness (QED) is 0.647. The number of anilines is 1. The highest BCUT2D eigenvalue weighted by Crippen LogP contribution is 2.41. The third-order valence-electron chi connectivity index (χ3n) is 4.59. The number of halogens is 4. The second-order valence-electron chi connectivity index (χ2n) is 6.50. The maximum Gasteiger partial charge on any atom is 0.433 e. The van der Waals surface area contributed by atoms with Crippen LogP contribution in [0.25, 0.3) is 5.78 Å². The predicted molar refractivity (Wildman–Crippen MR) is 86.1 cm³/mol. The van der Waals surface area contributed by atoms with Crippen LogP contribution in [-0.2, 0) is 6.18 Å². The van der Waals surface area contributed by atoms with Crippen molar-refractivity contribution < 1.29 is 17.6 Å². The molecule has 136 valence electrons. The Morgan fingerprint density at radius 3 is 2.69 bits per heavy atom. The molecule has 3 aromatic rings. The highest BCUT2D eigenvalue weighted by molar-refractivity contribution is 5.51. The van der Waals surface area contributed by atoms with Gasteiger partial charge in [0.1, 0.15) is 18.0 Å². The number of fused-ring (bicyclic) bond motifs is 1. The van der Waals surface area contributed by atoms with E-state index >= 15 is 0 Å². The lowest BCUT2D eigenvalue weighted by Gasteiger charge is -2.27. The minimum atomic E-state index is -4.61. The zero-order chi connectivity index (χ0) is 18.5. The monoisotopic (exact) mass is 365 g/mol. The molecule has 0 radical (unpaired) electrons. The number of aromatic nitrogens is 4. The summed E-state index contributed by atoms with van der Waals surface area (Å²) in [5.74, 6) is -0.128. The molecule has 26 heavy (non-hydrogen) atoms. The van der Waals surface area contributed by atoms with Gasteiger partial charge in [0.05, 0.1) is 6.04 Å². The van der Waals surface area contributed by atoms with Crippen molar-refractivity contribution in [3.05, 3.63) is 53.7 Å². The van der Waals surface area contributed by atoms with Gasteiger partial charge in [-0.1, -0.05) is 25.1 Å². The van der Waals surface area contributed by atoms with Crippen molar-refractivity contribution in [2.24, 2.45) is 5.92 Å². The van der Waals surface area contributed by atoms with Crippen LogP contribution in [0.2, 0.25) is 0 Å². The van der Waals surface area contributed by atoms with E-state index in [2.05, 4.69) is 15.1 Å². The van der Waals surface area contributed by atoms with E-state index in [1.165, 1.54) is 10.6 Å². The Hall–Kier alpha value is -2.71. The van der Waals surface area contributed by atoms with Gasteiger partial charge in [0.2, 0.25) is 0 Å². The van der Waals surface area contributed by atoms with Gasteiger partial charge in [-0.2, -0.15) is 27.8 Å². The standard InChI is InChI=1S/C17H15F4N5/c1-10-6-13(11-4-2-3-5-12(11)18)25(8-10)15-7-14(17(19,20)21)24-16-22-9-23-26(15)16/h2-5,7,9-10,13H,6,8H2,1H3. The van der Waals surface area contributed by atoms with Crippen molar-refractivity contribution in [1.29, 1.82) is 0 Å². The number of alkyl halides is 3. The number of nitrogens with zero attached hydrogens (tertiary/aromatic N) is 5. The number of hydrogen-bond donors (Lipinski definition) is 0. The van der Waals surface area contributed by atoms with Crippen LogP contribution >= 0.6 is 0 Å². The summed E-state index contributed by atoms with van der Waals surface area (Å²) in [4.78, 5) is 9.09. The fourth-order valence-corrected chi connectivity index (χ4v) is 3.49. The molecule has 0 spiro atoms. The average molecular weight is 365 g/mol. The lowest BCUT2D eigenvalue weighted by atomic mass is 10.0. The van der Waals surface area contributed by atoms with Crippen molar-refractivity contribution in [3.8, 4) is 0 Å². The molecule has 4 rings (SSSR count). The highest BCUT2D eigenvalue weighted by atomic mass is 19.4. The molecule has 2 aromatic heterocycles. The Kier molecular flexibility index (Phi) is 3.82. The van der Waals surface area contributed by atoms with Crippen LogP contribution in [0.1, 0.15) is 30.6 Å². The smallest absolute Gasteiger partial charge is 0.349 e. The zero-order valence-corrected chi connectivity index (χ0v) is 13.8. The SMILES string of the molecule is CC1CC(c2ccccc2F)N(c2cc(C(F)(F)F)nc3ncnn23)C1. The molecule has 9 heteroatoms. The van der Waals surface area contributed by atoms with Crippen molar-refractivity contribution >= 4 is 11.6 Å². The van der Waals surface area contributed by atoms with Gasteiger partial charge in [-0.15, -0.1) is 0 Å². The minimum Gasteiger partial charge on any atom is -0.349 e. The molecule has 1 aliphatic heterocycles. The molecule has 0 saturated carbocycles. The molecule has 0 aliphatic carbocycles. The molecule has 0 amide bonds. The molecule has 1 aromatic carbocycles. The summed E-state index contributed by atoms with van der Waals surface area (Å²) in [7, 11) is 0.